The molecule has 158 valence electrons. The average molecular weight is 398 g/mol. The van der Waals surface area contributed by atoms with E-state index in [0.29, 0.717) is 0 Å². The number of rotatable bonds is 11. The van der Waals surface area contributed by atoms with Gasteiger partial charge in [0, 0.05) is 5.69 Å². The number of para-hydroxylation sites is 1. The summed E-state index contributed by atoms with van der Waals surface area (Å²) in [6.07, 6.45) is 6.10. The Balaban J connectivity index is 1.77. The first-order valence-electron chi connectivity index (χ1n) is 10.6. The van der Waals surface area contributed by atoms with Crippen molar-refractivity contribution >= 4 is 11.6 Å². The van der Waals surface area contributed by atoms with E-state index in [1.165, 1.54) is 25.7 Å². The van der Waals surface area contributed by atoms with Gasteiger partial charge in [-0.15, -0.1) is 0 Å². The molecule has 0 spiro atoms. The second-order valence-electron chi connectivity index (χ2n) is 8.37. The van der Waals surface area contributed by atoms with Crippen LogP contribution in [0, 0.1) is 0 Å². The summed E-state index contributed by atoms with van der Waals surface area (Å²) in [5.41, 5.74) is 1.78. The van der Waals surface area contributed by atoms with Gasteiger partial charge in [-0.3, -0.25) is 4.79 Å². The van der Waals surface area contributed by atoms with Gasteiger partial charge in [0.1, 0.15) is 11.5 Å². The van der Waals surface area contributed by atoms with E-state index in [1.54, 1.807) is 0 Å². The van der Waals surface area contributed by atoms with Crippen LogP contribution >= 0.6 is 0 Å². The van der Waals surface area contributed by atoms with Crippen LogP contribution < -0.4 is 14.8 Å². The fourth-order valence-electron chi connectivity index (χ4n) is 3.08. The summed E-state index contributed by atoms with van der Waals surface area (Å²) < 4.78 is 11.5. The molecule has 0 aliphatic rings. The number of ether oxygens (including phenoxy) is 2. The Morgan fingerprint density at radius 3 is 2.28 bits per heavy atom. The Morgan fingerprint density at radius 1 is 0.897 bits per heavy atom. The molecule has 0 saturated heterocycles. The highest BCUT2D eigenvalue weighted by Crippen LogP contribution is 2.30. The van der Waals surface area contributed by atoms with Gasteiger partial charge < -0.3 is 14.8 Å². The molecule has 2 rings (SSSR count). The van der Waals surface area contributed by atoms with Crippen LogP contribution in [0.25, 0.3) is 0 Å². The van der Waals surface area contributed by atoms with Crippen LogP contribution in [-0.4, -0.2) is 19.1 Å². The lowest BCUT2D eigenvalue weighted by atomic mass is 9.86. The molecule has 0 heterocycles. The zero-order valence-electron chi connectivity index (χ0n) is 18.3. The number of anilines is 1. The maximum absolute atomic E-state index is 12.3. The van der Waals surface area contributed by atoms with Crippen molar-refractivity contribution in [2.45, 2.75) is 65.2 Å². The molecule has 0 aliphatic carbocycles. The lowest BCUT2D eigenvalue weighted by molar-refractivity contribution is -0.118. The van der Waals surface area contributed by atoms with E-state index in [2.05, 4.69) is 33.0 Å². The zero-order valence-corrected chi connectivity index (χ0v) is 18.3. The summed E-state index contributed by atoms with van der Waals surface area (Å²) in [6.45, 7) is 9.31. The van der Waals surface area contributed by atoms with Crippen LogP contribution in [0.4, 0.5) is 5.69 Å². The van der Waals surface area contributed by atoms with E-state index in [1.807, 2.05) is 48.5 Å². The third-order valence-corrected chi connectivity index (χ3v) is 4.71. The van der Waals surface area contributed by atoms with E-state index in [4.69, 9.17) is 9.47 Å². The molecule has 1 N–H and O–H groups in total. The first kappa shape index (κ1) is 22.8. The minimum atomic E-state index is -0.182. The summed E-state index contributed by atoms with van der Waals surface area (Å²) in [4.78, 5) is 12.3. The number of hydrogen-bond donors (Lipinski definition) is 1. The Morgan fingerprint density at radius 2 is 1.59 bits per heavy atom. The molecule has 29 heavy (non-hydrogen) atoms. The predicted octanol–water partition coefficient (Wildman–Crippen LogP) is 6.35. The number of nitrogens with one attached hydrogen (secondary N) is 1. The average Bonchev–Trinajstić information content (AvgIpc) is 2.70. The maximum Gasteiger partial charge on any atom is 0.262 e. The van der Waals surface area contributed by atoms with E-state index in [0.717, 1.165) is 35.8 Å². The molecule has 0 unspecified atom stereocenters. The summed E-state index contributed by atoms with van der Waals surface area (Å²) in [5, 5.41) is 2.87. The Labute approximate surface area is 175 Å². The second kappa shape index (κ2) is 11.5. The first-order chi connectivity index (χ1) is 13.9. The third-order valence-electron chi connectivity index (χ3n) is 4.71. The smallest absolute Gasteiger partial charge is 0.262 e. The standard InChI is InChI=1S/C25H35NO3/c1-5-6-7-8-11-18-28-21-16-14-20(15-17-21)26-24(27)19-29-23-13-10-9-12-22(23)25(2,3)4/h9-10,12-17H,5-8,11,18-19H2,1-4H3,(H,26,27). The van der Waals surface area contributed by atoms with Gasteiger partial charge in [0.15, 0.2) is 6.61 Å². The molecule has 0 saturated carbocycles. The van der Waals surface area contributed by atoms with Crippen molar-refractivity contribution in [3.63, 3.8) is 0 Å². The van der Waals surface area contributed by atoms with Gasteiger partial charge in [-0.05, 0) is 47.7 Å². The van der Waals surface area contributed by atoms with Crippen LogP contribution in [0.2, 0.25) is 0 Å². The van der Waals surface area contributed by atoms with Crippen molar-refractivity contribution in [2.75, 3.05) is 18.5 Å². The van der Waals surface area contributed by atoms with Gasteiger partial charge in [0.2, 0.25) is 0 Å². The highest BCUT2D eigenvalue weighted by atomic mass is 16.5. The molecule has 1 amide bonds. The topological polar surface area (TPSA) is 47.6 Å². The Bertz CT molecular complexity index is 747. The highest BCUT2D eigenvalue weighted by molar-refractivity contribution is 5.91. The van der Waals surface area contributed by atoms with E-state index >= 15 is 0 Å². The zero-order chi connectivity index (χ0) is 21.1. The van der Waals surface area contributed by atoms with Crippen LogP contribution in [0.15, 0.2) is 48.5 Å². The Hall–Kier alpha value is -2.49. The quantitative estimate of drug-likeness (QED) is 0.449. The van der Waals surface area contributed by atoms with Gasteiger partial charge in [-0.25, -0.2) is 0 Å². The summed E-state index contributed by atoms with van der Waals surface area (Å²) in [6, 6.07) is 15.3. The van der Waals surface area contributed by atoms with Gasteiger partial charge >= 0.3 is 0 Å². The highest BCUT2D eigenvalue weighted by Gasteiger charge is 2.18. The van der Waals surface area contributed by atoms with Crippen LogP contribution in [0.1, 0.15) is 65.4 Å². The fraction of sp³-hybridized carbons (Fsp3) is 0.480. The normalized spacial score (nSPS) is 11.2. The number of carbonyl (C=O) groups is 1. The molecule has 0 bridgehead atoms. The van der Waals surface area contributed by atoms with E-state index in [-0.39, 0.29) is 17.9 Å². The molecule has 0 fully saturated rings. The molecule has 2 aromatic rings. The lowest BCUT2D eigenvalue weighted by Gasteiger charge is -2.22. The maximum atomic E-state index is 12.3. The molecule has 0 aromatic heterocycles. The first-order valence-corrected chi connectivity index (χ1v) is 10.6. The van der Waals surface area contributed by atoms with Gasteiger partial charge in [-0.2, -0.15) is 0 Å². The monoisotopic (exact) mass is 397 g/mol. The number of hydrogen-bond acceptors (Lipinski definition) is 3. The third kappa shape index (κ3) is 8.18. The van der Waals surface area contributed by atoms with E-state index in [9.17, 15) is 4.79 Å². The minimum Gasteiger partial charge on any atom is -0.494 e. The van der Waals surface area contributed by atoms with Gasteiger partial charge in [0.05, 0.1) is 6.61 Å². The fourth-order valence-corrected chi connectivity index (χ4v) is 3.08. The predicted molar refractivity (Wildman–Crippen MR) is 120 cm³/mol. The minimum absolute atomic E-state index is 0.0247. The second-order valence-corrected chi connectivity index (χ2v) is 8.37. The van der Waals surface area contributed by atoms with Gasteiger partial charge in [-0.1, -0.05) is 71.6 Å². The summed E-state index contributed by atoms with van der Waals surface area (Å²) in [7, 11) is 0. The summed E-state index contributed by atoms with van der Waals surface area (Å²) >= 11 is 0. The molecular formula is C25H35NO3. The van der Waals surface area contributed by atoms with Crippen molar-refractivity contribution < 1.29 is 14.3 Å². The molecule has 0 radical (unpaired) electrons. The number of unbranched alkanes of at least 4 members (excludes halogenated alkanes) is 4. The molecule has 0 atom stereocenters. The Kier molecular flexibility index (Phi) is 9.04. The molecule has 4 heteroatoms. The molecular weight excluding hydrogens is 362 g/mol. The SMILES string of the molecule is CCCCCCCOc1ccc(NC(=O)COc2ccccc2C(C)(C)C)cc1. The van der Waals surface area contributed by atoms with Crippen molar-refractivity contribution in [1.82, 2.24) is 0 Å². The van der Waals surface area contributed by atoms with E-state index < -0.39 is 0 Å². The molecule has 2 aromatic carbocycles. The number of benzene rings is 2. The largest absolute Gasteiger partial charge is 0.494 e. The van der Waals surface area contributed by atoms with Crippen molar-refractivity contribution in [3.8, 4) is 11.5 Å². The van der Waals surface area contributed by atoms with Crippen molar-refractivity contribution in [3.05, 3.63) is 54.1 Å². The van der Waals surface area contributed by atoms with Gasteiger partial charge in [0.25, 0.3) is 5.91 Å². The van der Waals surface area contributed by atoms with Crippen LogP contribution in [0.3, 0.4) is 0 Å². The molecule has 0 aliphatic heterocycles. The number of amides is 1. The van der Waals surface area contributed by atoms with Crippen molar-refractivity contribution in [1.29, 1.82) is 0 Å². The van der Waals surface area contributed by atoms with Crippen LogP contribution in [0.5, 0.6) is 11.5 Å². The lowest BCUT2D eigenvalue weighted by Crippen LogP contribution is -2.21. The van der Waals surface area contributed by atoms with Crippen molar-refractivity contribution in [2.24, 2.45) is 0 Å². The molecule has 4 nitrogen and oxygen atoms in total. The van der Waals surface area contributed by atoms with Crippen LogP contribution in [-0.2, 0) is 10.2 Å². The number of carbonyl (C=O) groups excluding carboxylic acids is 1. The summed E-state index contributed by atoms with van der Waals surface area (Å²) in [5.74, 6) is 1.39.